The van der Waals surface area contributed by atoms with Crippen molar-refractivity contribution in [2.45, 2.75) is 44.7 Å². The van der Waals surface area contributed by atoms with Crippen molar-refractivity contribution in [2.24, 2.45) is 5.73 Å². The summed E-state index contributed by atoms with van der Waals surface area (Å²) in [5, 5.41) is 2.62. The molecule has 0 aromatic rings. The maximum absolute atomic E-state index is 11.3. The van der Waals surface area contributed by atoms with Crippen LogP contribution in [0.4, 0.5) is 0 Å². The number of ketones is 1. The van der Waals surface area contributed by atoms with Crippen molar-refractivity contribution in [2.75, 3.05) is 0 Å². The van der Waals surface area contributed by atoms with Crippen LogP contribution >= 0.6 is 12.4 Å². The first kappa shape index (κ1) is 13.4. The van der Waals surface area contributed by atoms with Crippen LogP contribution in [0.1, 0.15) is 32.6 Å². The fourth-order valence-corrected chi connectivity index (χ4v) is 1.09. The van der Waals surface area contributed by atoms with Gasteiger partial charge < -0.3 is 11.1 Å². The van der Waals surface area contributed by atoms with Gasteiger partial charge in [0.15, 0.2) is 0 Å². The molecule has 82 valence electrons. The number of nitrogens with one attached hydrogen (secondary N) is 1. The van der Waals surface area contributed by atoms with Crippen molar-refractivity contribution in [3.63, 3.8) is 0 Å². The molecule has 5 heteroatoms. The van der Waals surface area contributed by atoms with Gasteiger partial charge in [-0.25, -0.2) is 0 Å². The molecule has 1 atom stereocenters. The lowest BCUT2D eigenvalue weighted by molar-refractivity contribution is -0.138. The van der Waals surface area contributed by atoms with Crippen LogP contribution in [0, 0.1) is 0 Å². The van der Waals surface area contributed by atoms with Crippen molar-refractivity contribution >= 4 is 24.1 Å². The lowest BCUT2D eigenvalue weighted by Gasteiger charge is -2.08. The maximum atomic E-state index is 11.3. The first-order valence-electron chi connectivity index (χ1n) is 4.75. The van der Waals surface area contributed by atoms with Crippen molar-refractivity contribution in [1.82, 2.24) is 5.32 Å². The third kappa shape index (κ3) is 4.07. The van der Waals surface area contributed by atoms with E-state index >= 15 is 0 Å². The van der Waals surface area contributed by atoms with Gasteiger partial charge in [-0.2, -0.15) is 0 Å². The van der Waals surface area contributed by atoms with Gasteiger partial charge in [0.05, 0.1) is 6.04 Å². The molecule has 0 bridgehead atoms. The minimum Gasteiger partial charge on any atom is -0.347 e. The quantitative estimate of drug-likeness (QED) is 0.659. The summed E-state index contributed by atoms with van der Waals surface area (Å²) in [6, 6.07) is -0.394. The van der Waals surface area contributed by atoms with Crippen molar-refractivity contribution in [3.05, 3.63) is 0 Å². The summed E-state index contributed by atoms with van der Waals surface area (Å²) in [4.78, 5) is 22.4. The average Bonchev–Trinajstić information content (AvgIpc) is 2.87. The summed E-state index contributed by atoms with van der Waals surface area (Å²) >= 11 is 0. The number of nitrogens with two attached hydrogens (primary N) is 1. The monoisotopic (exact) mass is 220 g/mol. The van der Waals surface area contributed by atoms with Gasteiger partial charge in [0.25, 0.3) is 5.91 Å². The zero-order valence-electron chi connectivity index (χ0n) is 8.29. The second-order valence-corrected chi connectivity index (χ2v) is 3.51. The fourth-order valence-electron chi connectivity index (χ4n) is 1.09. The highest BCUT2D eigenvalue weighted by atomic mass is 35.5. The maximum Gasteiger partial charge on any atom is 0.289 e. The number of hydrogen-bond donors (Lipinski definition) is 2. The predicted octanol–water partition coefficient (Wildman–Crippen LogP) is 0.383. The lowest BCUT2D eigenvalue weighted by atomic mass is 10.1. The van der Waals surface area contributed by atoms with Crippen LogP contribution in [0.15, 0.2) is 0 Å². The summed E-state index contributed by atoms with van der Waals surface area (Å²) in [6.07, 6.45) is 3.38. The van der Waals surface area contributed by atoms with Gasteiger partial charge >= 0.3 is 0 Å². The van der Waals surface area contributed by atoms with Crippen molar-refractivity contribution < 1.29 is 9.59 Å². The molecule has 0 unspecified atom stereocenters. The molecule has 1 fully saturated rings. The van der Waals surface area contributed by atoms with Gasteiger partial charge in [-0.3, -0.25) is 9.59 Å². The summed E-state index contributed by atoms with van der Waals surface area (Å²) in [6.45, 7) is 1.94. The van der Waals surface area contributed by atoms with E-state index in [-0.39, 0.29) is 18.4 Å². The first-order valence-corrected chi connectivity index (χ1v) is 4.75. The minimum absolute atomic E-state index is 0. The number of carbonyl (C=O) groups excluding carboxylic acids is 2. The largest absolute Gasteiger partial charge is 0.347 e. The fraction of sp³-hybridized carbons (Fsp3) is 0.778. The molecule has 0 saturated heterocycles. The van der Waals surface area contributed by atoms with E-state index in [4.69, 9.17) is 5.73 Å². The normalized spacial score (nSPS) is 16.7. The van der Waals surface area contributed by atoms with E-state index in [1.54, 1.807) is 0 Å². The van der Waals surface area contributed by atoms with Gasteiger partial charge in [0, 0.05) is 6.04 Å². The van der Waals surface area contributed by atoms with Crippen LogP contribution in [-0.4, -0.2) is 23.8 Å². The number of Topliss-reactive ketones (excluding diaryl/α,β-unsaturated/α-hetero) is 1. The Morgan fingerprint density at radius 1 is 1.50 bits per heavy atom. The molecule has 14 heavy (non-hydrogen) atoms. The van der Waals surface area contributed by atoms with Gasteiger partial charge in [0.2, 0.25) is 5.78 Å². The minimum atomic E-state index is -0.622. The molecule has 0 aromatic heterocycles. The molecule has 4 nitrogen and oxygen atoms in total. The summed E-state index contributed by atoms with van der Waals surface area (Å²) in [7, 11) is 0. The summed E-state index contributed by atoms with van der Waals surface area (Å²) in [5.74, 6) is -0.989. The zero-order valence-corrected chi connectivity index (χ0v) is 9.10. The summed E-state index contributed by atoms with van der Waals surface area (Å²) < 4.78 is 0. The van der Waals surface area contributed by atoms with Crippen LogP contribution in [0.25, 0.3) is 0 Å². The smallest absolute Gasteiger partial charge is 0.289 e. The Hall–Kier alpha value is -0.610. The number of carbonyl (C=O) groups is 2. The van der Waals surface area contributed by atoms with Crippen molar-refractivity contribution in [1.29, 1.82) is 0 Å². The van der Waals surface area contributed by atoms with Gasteiger partial charge in [-0.1, -0.05) is 13.3 Å². The number of rotatable bonds is 5. The Kier molecular flexibility index (Phi) is 5.72. The topological polar surface area (TPSA) is 72.2 Å². The highest BCUT2D eigenvalue weighted by Crippen LogP contribution is 2.18. The van der Waals surface area contributed by atoms with Gasteiger partial charge in [0.1, 0.15) is 0 Å². The van der Waals surface area contributed by atoms with E-state index in [1.807, 2.05) is 6.92 Å². The Labute approximate surface area is 90.0 Å². The molecule has 0 aliphatic heterocycles. The predicted molar refractivity (Wildman–Crippen MR) is 56.3 cm³/mol. The molecule has 1 aliphatic rings. The van der Waals surface area contributed by atoms with E-state index in [0.29, 0.717) is 6.42 Å². The van der Waals surface area contributed by atoms with E-state index in [2.05, 4.69) is 5.32 Å². The third-order valence-corrected chi connectivity index (χ3v) is 2.07. The molecular weight excluding hydrogens is 204 g/mol. The van der Waals surface area contributed by atoms with Gasteiger partial charge in [-0.05, 0) is 19.3 Å². The Morgan fingerprint density at radius 2 is 2.07 bits per heavy atom. The Balaban J connectivity index is 0.00000169. The van der Waals surface area contributed by atoms with Crippen molar-refractivity contribution in [3.8, 4) is 0 Å². The van der Waals surface area contributed by atoms with E-state index in [1.165, 1.54) is 0 Å². The summed E-state index contributed by atoms with van der Waals surface area (Å²) in [5.41, 5.74) is 5.51. The molecule has 1 saturated carbocycles. The first-order chi connectivity index (χ1) is 6.15. The Bertz CT molecular complexity index is 217. The van der Waals surface area contributed by atoms with Crippen LogP contribution in [-0.2, 0) is 9.59 Å². The zero-order chi connectivity index (χ0) is 9.84. The van der Waals surface area contributed by atoms with Gasteiger partial charge in [-0.15, -0.1) is 12.4 Å². The van der Waals surface area contributed by atoms with Crippen LogP contribution in [0.3, 0.4) is 0 Å². The molecule has 0 heterocycles. The molecule has 1 rings (SSSR count). The molecule has 0 spiro atoms. The molecule has 0 radical (unpaired) electrons. The highest BCUT2D eigenvalue weighted by Gasteiger charge is 2.28. The SMILES string of the molecule is CCC[C@H](N)C(=O)C(=O)NC1CC1.Cl. The second-order valence-electron chi connectivity index (χ2n) is 3.51. The van der Waals surface area contributed by atoms with Crippen LogP contribution in [0.2, 0.25) is 0 Å². The lowest BCUT2D eigenvalue weighted by Crippen LogP contribution is -2.43. The number of halogens is 1. The molecule has 0 aromatic carbocycles. The molecular formula is C9H17ClN2O2. The van der Waals surface area contributed by atoms with E-state index < -0.39 is 17.7 Å². The van der Waals surface area contributed by atoms with E-state index in [9.17, 15) is 9.59 Å². The average molecular weight is 221 g/mol. The number of amides is 1. The highest BCUT2D eigenvalue weighted by molar-refractivity contribution is 6.38. The van der Waals surface area contributed by atoms with Crippen LogP contribution in [0.5, 0.6) is 0 Å². The molecule has 1 aliphatic carbocycles. The Morgan fingerprint density at radius 3 is 2.50 bits per heavy atom. The van der Waals surface area contributed by atoms with Crippen LogP contribution < -0.4 is 11.1 Å². The number of hydrogen-bond acceptors (Lipinski definition) is 3. The van der Waals surface area contributed by atoms with E-state index in [0.717, 1.165) is 19.3 Å². The second kappa shape index (κ2) is 5.98. The molecule has 1 amide bonds. The third-order valence-electron chi connectivity index (χ3n) is 2.07. The standard InChI is InChI=1S/C9H16N2O2.ClH/c1-2-3-7(10)8(12)9(13)11-6-4-5-6;/h6-7H,2-5,10H2,1H3,(H,11,13);1H/t7-;/m0./s1. The molecule has 3 N–H and O–H groups in total.